The second-order valence-corrected chi connectivity index (χ2v) is 11.5. The molecule has 0 radical (unpaired) electrons. The summed E-state index contributed by atoms with van der Waals surface area (Å²) in [6.07, 6.45) is 2.33. The number of carboxylic acid groups (broad SMARTS) is 1. The van der Waals surface area contributed by atoms with E-state index >= 15 is 4.39 Å². The zero-order valence-electron chi connectivity index (χ0n) is 23.0. The summed E-state index contributed by atoms with van der Waals surface area (Å²) in [5.41, 5.74) is 2.64. The highest BCUT2D eigenvalue weighted by Crippen LogP contribution is 2.65. The van der Waals surface area contributed by atoms with Crippen LogP contribution in [0.25, 0.3) is 11.1 Å². The molecule has 1 aromatic heterocycles. The van der Waals surface area contributed by atoms with Crippen molar-refractivity contribution in [3.63, 3.8) is 0 Å². The fraction of sp³-hybridized carbons (Fsp3) is 0.400. The van der Waals surface area contributed by atoms with Crippen LogP contribution in [-0.2, 0) is 16.6 Å². The fourth-order valence-corrected chi connectivity index (χ4v) is 6.44. The zero-order valence-corrected chi connectivity index (χ0v) is 23.0. The number of halogens is 2. The number of hydrogen-bond acceptors (Lipinski definition) is 4. The van der Waals surface area contributed by atoms with Gasteiger partial charge in [-0.15, -0.1) is 0 Å². The van der Waals surface area contributed by atoms with Crippen molar-refractivity contribution in [3.8, 4) is 11.1 Å². The summed E-state index contributed by atoms with van der Waals surface area (Å²) in [5, 5.41) is 16.4. The Morgan fingerprint density at radius 3 is 2.45 bits per heavy atom. The molecule has 1 aliphatic heterocycles. The number of hydrogen-bond donors (Lipinski definition) is 2. The number of aromatic nitrogens is 2. The van der Waals surface area contributed by atoms with Crippen LogP contribution in [0.4, 0.5) is 8.78 Å². The highest BCUT2D eigenvalue weighted by molar-refractivity contribution is 5.98. The van der Waals surface area contributed by atoms with Crippen molar-refractivity contribution in [2.75, 3.05) is 6.54 Å². The van der Waals surface area contributed by atoms with Gasteiger partial charge < -0.3 is 15.3 Å². The fourth-order valence-electron chi connectivity index (χ4n) is 6.44. The van der Waals surface area contributed by atoms with Crippen LogP contribution in [0.3, 0.4) is 0 Å². The molecular weight excluding hydrogens is 518 g/mol. The number of rotatable bonds is 7. The summed E-state index contributed by atoms with van der Waals surface area (Å²) in [7, 11) is 1.68. The minimum Gasteiger partial charge on any atom is -0.481 e. The minimum atomic E-state index is -1.36. The van der Waals surface area contributed by atoms with E-state index in [1.807, 2.05) is 45.9 Å². The predicted molar refractivity (Wildman–Crippen MR) is 143 cm³/mol. The molecule has 8 nitrogen and oxygen atoms in total. The molecule has 2 fully saturated rings. The summed E-state index contributed by atoms with van der Waals surface area (Å²) < 4.78 is 31.7. The second kappa shape index (κ2) is 9.83. The zero-order chi connectivity index (χ0) is 29.1. The lowest BCUT2D eigenvalue weighted by atomic mass is 9.91. The van der Waals surface area contributed by atoms with E-state index < -0.39 is 42.0 Å². The molecule has 2 aliphatic rings. The summed E-state index contributed by atoms with van der Waals surface area (Å²) in [4.78, 5) is 40.5. The molecule has 2 heterocycles. The Hall–Kier alpha value is -4.08. The van der Waals surface area contributed by atoms with Crippen molar-refractivity contribution in [2.45, 2.75) is 46.2 Å². The van der Waals surface area contributed by atoms with E-state index in [9.17, 15) is 23.9 Å². The highest BCUT2D eigenvalue weighted by atomic mass is 19.2. The average Bonchev–Trinajstić information content (AvgIpc) is 3.24. The van der Waals surface area contributed by atoms with Crippen LogP contribution in [0, 0.1) is 42.7 Å². The van der Waals surface area contributed by atoms with Crippen molar-refractivity contribution in [1.82, 2.24) is 20.0 Å². The molecule has 40 heavy (non-hydrogen) atoms. The normalized spacial score (nSPS) is 21.6. The van der Waals surface area contributed by atoms with Crippen LogP contribution in [0.15, 0.2) is 42.7 Å². The quantitative estimate of drug-likeness (QED) is 0.454. The summed E-state index contributed by atoms with van der Waals surface area (Å²) in [6, 6.07) is 5.78. The van der Waals surface area contributed by atoms with Gasteiger partial charge >= 0.3 is 5.97 Å². The monoisotopic (exact) mass is 550 g/mol. The van der Waals surface area contributed by atoms with Gasteiger partial charge in [0, 0.05) is 25.4 Å². The maximum Gasteiger partial charge on any atom is 0.305 e. The van der Waals surface area contributed by atoms with E-state index in [-0.39, 0.29) is 28.7 Å². The molecular formula is C30H32F2N4O4. The number of nitrogens with zero attached hydrogens (tertiary/aromatic N) is 3. The summed E-state index contributed by atoms with van der Waals surface area (Å²) in [6.45, 7) is 8.10. The third-order valence-corrected chi connectivity index (χ3v) is 8.59. The van der Waals surface area contributed by atoms with Crippen LogP contribution in [0.2, 0.25) is 0 Å². The topological polar surface area (TPSA) is 105 Å². The molecule has 10 heteroatoms. The predicted octanol–water partition coefficient (Wildman–Crippen LogP) is 4.41. The molecule has 2 N–H and O–H groups in total. The van der Waals surface area contributed by atoms with Gasteiger partial charge in [0.15, 0.2) is 11.6 Å². The van der Waals surface area contributed by atoms with Gasteiger partial charge in [-0.3, -0.25) is 19.1 Å². The number of carbonyl (C=O) groups is 3. The standard InChI is InChI=1S/C30H32F2N4O4/c1-15-7-6-8-16(2)24(15)17-9-19(26(32)21(31)10-17)22(11-23(37)38)34-28(39)27-25-20(30(25,3)4)14-36(27)29(40)18-12-33-35(5)13-18/h6-10,12-13,20,22,25,27H,11,14H2,1-5H3,(H,34,39)(H,37,38)/t20?,22-,25-,27-/m0/s1. The van der Waals surface area contributed by atoms with Crippen molar-refractivity contribution >= 4 is 17.8 Å². The van der Waals surface area contributed by atoms with Gasteiger partial charge in [0.1, 0.15) is 6.04 Å². The molecule has 2 amide bonds. The van der Waals surface area contributed by atoms with E-state index in [0.29, 0.717) is 23.2 Å². The van der Waals surface area contributed by atoms with Gasteiger partial charge in [-0.2, -0.15) is 5.10 Å². The van der Waals surface area contributed by atoms with Crippen molar-refractivity contribution in [2.24, 2.45) is 24.3 Å². The van der Waals surface area contributed by atoms with E-state index in [4.69, 9.17) is 0 Å². The lowest BCUT2D eigenvalue weighted by Crippen LogP contribution is -2.50. The number of carbonyl (C=O) groups excluding carboxylic acids is 2. The van der Waals surface area contributed by atoms with Crippen LogP contribution >= 0.6 is 0 Å². The number of aliphatic carboxylic acids is 1. The van der Waals surface area contributed by atoms with E-state index in [1.165, 1.54) is 21.8 Å². The van der Waals surface area contributed by atoms with Crippen LogP contribution < -0.4 is 5.32 Å². The van der Waals surface area contributed by atoms with Crippen LogP contribution in [0.5, 0.6) is 0 Å². The Bertz CT molecular complexity index is 1510. The number of fused-ring (bicyclic) bond motifs is 1. The Balaban J connectivity index is 1.51. The Kier molecular flexibility index (Phi) is 6.76. The minimum absolute atomic E-state index is 0.0864. The van der Waals surface area contributed by atoms with E-state index in [1.54, 1.807) is 13.2 Å². The number of carboxylic acids is 1. The van der Waals surface area contributed by atoms with Gasteiger partial charge in [-0.1, -0.05) is 32.0 Å². The van der Waals surface area contributed by atoms with Gasteiger partial charge in [-0.05, 0) is 65.5 Å². The smallest absolute Gasteiger partial charge is 0.305 e. The summed E-state index contributed by atoms with van der Waals surface area (Å²) in [5.74, 6) is -4.68. The third-order valence-electron chi connectivity index (χ3n) is 8.59. The molecule has 4 atom stereocenters. The van der Waals surface area contributed by atoms with Gasteiger partial charge in [0.25, 0.3) is 5.91 Å². The first-order valence-electron chi connectivity index (χ1n) is 13.2. The largest absolute Gasteiger partial charge is 0.481 e. The SMILES string of the molecule is Cc1cccc(C)c1-c1cc(F)c(F)c([C@H](CC(=O)O)NC(=O)[C@@H]2[C@@H]3C(CN2C(=O)c2cnn(C)c2)C3(C)C)c1. The molecule has 5 rings (SSSR count). The number of aryl methyl sites for hydroxylation is 3. The van der Waals surface area contributed by atoms with Gasteiger partial charge in [0.2, 0.25) is 5.91 Å². The highest BCUT2D eigenvalue weighted by Gasteiger charge is 2.69. The second-order valence-electron chi connectivity index (χ2n) is 11.5. The molecule has 3 aromatic rings. The Morgan fingerprint density at radius 1 is 1.18 bits per heavy atom. The van der Waals surface area contributed by atoms with Gasteiger partial charge in [0.05, 0.1) is 24.2 Å². The van der Waals surface area contributed by atoms with Crippen LogP contribution in [0.1, 0.15) is 53.4 Å². The molecule has 0 bridgehead atoms. The molecule has 1 unspecified atom stereocenters. The number of amides is 2. The van der Waals surface area contributed by atoms with Crippen molar-refractivity contribution < 1.29 is 28.3 Å². The van der Waals surface area contributed by atoms with Crippen LogP contribution in [-0.4, -0.2) is 50.2 Å². The Morgan fingerprint density at radius 2 is 1.85 bits per heavy atom. The Labute approximate surface area is 231 Å². The van der Waals surface area contributed by atoms with Crippen molar-refractivity contribution in [1.29, 1.82) is 0 Å². The molecule has 2 aromatic carbocycles. The maximum absolute atomic E-state index is 15.3. The summed E-state index contributed by atoms with van der Waals surface area (Å²) >= 11 is 0. The molecule has 1 aliphatic carbocycles. The van der Waals surface area contributed by atoms with E-state index in [2.05, 4.69) is 10.4 Å². The number of piperidine rings is 1. The molecule has 0 spiro atoms. The number of nitrogens with one attached hydrogen (secondary N) is 1. The lowest BCUT2D eigenvalue weighted by Gasteiger charge is -2.31. The maximum atomic E-state index is 15.3. The van der Waals surface area contributed by atoms with Crippen molar-refractivity contribution in [3.05, 3.63) is 76.6 Å². The third kappa shape index (κ3) is 4.65. The van der Waals surface area contributed by atoms with Gasteiger partial charge in [-0.25, -0.2) is 8.78 Å². The molecule has 1 saturated heterocycles. The molecule has 210 valence electrons. The number of benzene rings is 2. The van der Waals surface area contributed by atoms with E-state index in [0.717, 1.165) is 17.2 Å². The lowest BCUT2D eigenvalue weighted by molar-refractivity contribution is -0.138. The number of likely N-dealkylation sites (tertiary alicyclic amines) is 1. The first-order chi connectivity index (χ1) is 18.8. The molecule has 1 saturated carbocycles. The first-order valence-corrected chi connectivity index (χ1v) is 13.2. The average molecular weight is 551 g/mol. The first kappa shape index (κ1) is 27.5.